The minimum atomic E-state index is -3.81. The van der Waals surface area contributed by atoms with Crippen LogP contribution < -0.4 is 10.5 Å². The Morgan fingerprint density at radius 3 is 2.47 bits per heavy atom. The summed E-state index contributed by atoms with van der Waals surface area (Å²) in [5.41, 5.74) is 4.81. The number of carbonyl (C=O) groups excluding carboxylic acids is 1. The van der Waals surface area contributed by atoms with Gasteiger partial charge in [-0.3, -0.25) is 9.59 Å². The number of rotatable bonds is 9. The Morgan fingerprint density at radius 2 is 2.06 bits per heavy atom. The quantitative estimate of drug-likeness (QED) is 0.425. The third kappa shape index (κ3) is 7.66. The highest BCUT2D eigenvalue weighted by Crippen LogP contribution is 1.96. The summed E-state index contributed by atoms with van der Waals surface area (Å²) in [6.07, 6.45) is -0.594. The van der Waals surface area contributed by atoms with E-state index in [0.717, 1.165) is 0 Å². The molecule has 0 bridgehead atoms. The van der Waals surface area contributed by atoms with E-state index in [-0.39, 0.29) is 12.4 Å². The molecule has 100 valence electrons. The van der Waals surface area contributed by atoms with Gasteiger partial charge in [-0.25, -0.2) is 13.1 Å². The monoisotopic (exact) mass is 268 g/mol. The van der Waals surface area contributed by atoms with Crippen molar-refractivity contribution in [3.05, 3.63) is 0 Å². The SMILES string of the molecule is CCOCCS(=O)(=O)N[C@@H](CC(N)=O)C(=O)O. The van der Waals surface area contributed by atoms with Crippen LogP contribution in [-0.4, -0.2) is 50.4 Å². The Kier molecular flexibility index (Phi) is 6.69. The molecule has 0 aliphatic carbocycles. The molecule has 0 saturated carbocycles. The van der Waals surface area contributed by atoms with Crippen LogP contribution in [0.4, 0.5) is 0 Å². The number of ether oxygens (including phenoxy) is 1. The van der Waals surface area contributed by atoms with Gasteiger partial charge in [0, 0.05) is 6.61 Å². The Bertz CT molecular complexity index is 366. The van der Waals surface area contributed by atoms with Crippen molar-refractivity contribution in [2.24, 2.45) is 5.73 Å². The molecule has 8 nitrogen and oxygen atoms in total. The van der Waals surface area contributed by atoms with Crippen LogP contribution in [0.2, 0.25) is 0 Å². The zero-order chi connectivity index (χ0) is 13.5. The minimum absolute atomic E-state index is 0.0469. The van der Waals surface area contributed by atoms with E-state index < -0.39 is 34.4 Å². The molecule has 4 N–H and O–H groups in total. The first-order chi connectivity index (χ1) is 7.78. The van der Waals surface area contributed by atoms with E-state index in [2.05, 4.69) is 0 Å². The van der Waals surface area contributed by atoms with Gasteiger partial charge in [-0.15, -0.1) is 0 Å². The molecule has 0 rings (SSSR count). The second-order valence-corrected chi connectivity index (χ2v) is 5.07. The van der Waals surface area contributed by atoms with Gasteiger partial charge >= 0.3 is 5.97 Å². The molecule has 0 aromatic carbocycles. The van der Waals surface area contributed by atoms with Gasteiger partial charge in [-0.05, 0) is 6.92 Å². The van der Waals surface area contributed by atoms with Crippen molar-refractivity contribution in [2.75, 3.05) is 19.0 Å². The van der Waals surface area contributed by atoms with Crippen molar-refractivity contribution in [1.29, 1.82) is 0 Å². The van der Waals surface area contributed by atoms with Crippen LogP contribution in [0.25, 0.3) is 0 Å². The third-order valence-corrected chi connectivity index (χ3v) is 3.07. The standard InChI is InChI=1S/C8H16N2O6S/c1-2-16-3-4-17(14,15)10-6(8(12)13)5-7(9)11/h6,10H,2-5H2,1H3,(H2,9,11)(H,12,13)/t6-/m0/s1. The smallest absolute Gasteiger partial charge is 0.322 e. The predicted molar refractivity (Wildman–Crippen MR) is 58.7 cm³/mol. The largest absolute Gasteiger partial charge is 0.480 e. The van der Waals surface area contributed by atoms with Gasteiger partial charge in [-0.2, -0.15) is 0 Å². The van der Waals surface area contributed by atoms with Crippen LogP contribution in [0.3, 0.4) is 0 Å². The highest BCUT2D eigenvalue weighted by Gasteiger charge is 2.25. The first-order valence-corrected chi connectivity index (χ1v) is 6.52. The summed E-state index contributed by atoms with van der Waals surface area (Å²) < 4.78 is 29.5. The van der Waals surface area contributed by atoms with Crippen molar-refractivity contribution < 1.29 is 27.9 Å². The van der Waals surface area contributed by atoms with Crippen LogP contribution >= 0.6 is 0 Å². The van der Waals surface area contributed by atoms with Crippen molar-refractivity contribution >= 4 is 21.9 Å². The van der Waals surface area contributed by atoms with E-state index in [1.54, 1.807) is 6.92 Å². The van der Waals surface area contributed by atoms with Gasteiger partial charge in [0.2, 0.25) is 15.9 Å². The Hall–Kier alpha value is -1.19. The number of carboxylic acids is 1. The van der Waals surface area contributed by atoms with Gasteiger partial charge in [0.25, 0.3) is 0 Å². The van der Waals surface area contributed by atoms with E-state index in [1.165, 1.54) is 0 Å². The molecule has 0 saturated heterocycles. The molecular formula is C8H16N2O6S. The second kappa shape index (κ2) is 7.20. The van der Waals surface area contributed by atoms with Crippen LogP contribution in [-0.2, 0) is 24.3 Å². The lowest BCUT2D eigenvalue weighted by Gasteiger charge is -2.12. The first-order valence-electron chi connectivity index (χ1n) is 4.87. The summed E-state index contributed by atoms with van der Waals surface area (Å²) in [6, 6.07) is -1.54. The van der Waals surface area contributed by atoms with Gasteiger partial charge in [0.15, 0.2) is 0 Å². The Labute approximate surface area is 99.2 Å². The molecular weight excluding hydrogens is 252 g/mol. The summed E-state index contributed by atoms with van der Waals surface area (Å²) in [6.45, 7) is 2.01. The van der Waals surface area contributed by atoms with Crippen LogP contribution in [0.1, 0.15) is 13.3 Å². The molecule has 0 aromatic heterocycles. The number of aliphatic carboxylic acids is 1. The molecule has 1 amide bonds. The fourth-order valence-electron chi connectivity index (χ4n) is 0.969. The summed E-state index contributed by atoms with van der Waals surface area (Å²) in [7, 11) is -3.81. The summed E-state index contributed by atoms with van der Waals surface area (Å²) >= 11 is 0. The zero-order valence-electron chi connectivity index (χ0n) is 9.38. The normalized spacial score (nSPS) is 13.2. The topological polar surface area (TPSA) is 136 Å². The molecule has 0 unspecified atom stereocenters. The highest BCUT2D eigenvalue weighted by atomic mass is 32.2. The number of hydrogen-bond acceptors (Lipinski definition) is 5. The number of nitrogens with two attached hydrogens (primary N) is 1. The summed E-state index contributed by atoms with van der Waals surface area (Å²) in [5.74, 6) is -2.72. The van der Waals surface area contributed by atoms with Crippen molar-refractivity contribution in [3.63, 3.8) is 0 Å². The number of hydrogen-bond donors (Lipinski definition) is 3. The predicted octanol–water partition coefficient (Wildman–Crippen LogP) is -1.73. The Morgan fingerprint density at radius 1 is 1.47 bits per heavy atom. The molecule has 1 atom stereocenters. The molecule has 0 aliphatic rings. The maximum atomic E-state index is 11.4. The maximum absolute atomic E-state index is 11.4. The number of nitrogens with one attached hydrogen (secondary N) is 1. The van der Waals surface area contributed by atoms with Gasteiger partial charge in [0.1, 0.15) is 6.04 Å². The van der Waals surface area contributed by atoms with E-state index in [1.807, 2.05) is 4.72 Å². The molecule has 17 heavy (non-hydrogen) atoms. The molecule has 0 heterocycles. The van der Waals surface area contributed by atoms with E-state index in [4.69, 9.17) is 15.6 Å². The number of carboxylic acid groups (broad SMARTS) is 1. The molecule has 0 aromatic rings. The third-order valence-electron chi connectivity index (χ3n) is 1.73. The summed E-state index contributed by atoms with van der Waals surface area (Å²) in [4.78, 5) is 21.2. The zero-order valence-corrected chi connectivity index (χ0v) is 10.2. The Balaban J connectivity index is 4.42. The number of amides is 1. The minimum Gasteiger partial charge on any atom is -0.480 e. The molecule has 0 aliphatic heterocycles. The van der Waals surface area contributed by atoms with E-state index >= 15 is 0 Å². The first kappa shape index (κ1) is 15.8. The number of primary amides is 1. The molecule has 0 spiro atoms. The number of carbonyl (C=O) groups is 2. The van der Waals surface area contributed by atoms with Gasteiger partial charge in [-0.1, -0.05) is 0 Å². The fourth-order valence-corrected chi connectivity index (χ4v) is 2.04. The van der Waals surface area contributed by atoms with Crippen molar-refractivity contribution in [3.8, 4) is 0 Å². The van der Waals surface area contributed by atoms with E-state index in [9.17, 15) is 18.0 Å². The van der Waals surface area contributed by atoms with Crippen LogP contribution in [0.15, 0.2) is 0 Å². The lowest BCUT2D eigenvalue weighted by atomic mass is 10.2. The lowest BCUT2D eigenvalue weighted by molar-refractivity contribution is -0.140. The lowest BCUT2D eigenvalue weighted by Crippen LogP contribution is -2.44. The van der Waals surface area contributed by atoms with Gasteiger partial charge < -0.3 is 15.6 Å². The van der Waals surface area contributed by atoms with Crippen molar-refractivity contribution in [1.82, 2.24) is 4.72 Å². The molecule has 0 fully saturated rings. The van der Waals surface area contributed by atoms with E-state index in [0.29, 0.717) is 6.61 Å². The van der Waals surface area contributed by atoms with Gasteiger partial charge in [0.05, 0.1) is 18.8 Å². The van der Waals surface area contributed by atoms with Crippen LogP contribution in [0, 0.1) is 0 Å². The molecule has 9 heteroatoms. The maximum Gasteiger partial charge on any atom is 0.322 e. The molecule has 0 radical (unpaired) electrons. The second-order valence-electron chi connectivity index (χ2n) is 3.19. The fraction of sp³-hybridized carbons (Fsp3) is 0.750. The average Bonchev–Trinajstić information content (AvgIpc) is 2.15. The summed E-state index contributed by atoms with van der Waals surface area (Å²) in [5, 5.41) is 8.69. The highest BCUT2D eigenvalue weighted by molar-refractivity contribution is 7.89. The van der Waals surface area contributed by atoms with Crippen LogP contribution in [0.5, 0.6) is 0 Å². The number of sulfonamides is 1. The van der Waals surface area contributed by atoms with Crippen molar-refractivity contribution in [2.45, 2.75) is 19.4 Å². The average molecular weight is 268 g/mol.